The molecule has 1 rings (SSSR count). The Kier molecular flexibility index (Phi) is 5.92. The lowest BCUT2D eigenvalue weighted by Crippen LogP contribution is -2.37. The molecule has 0 bridgehead atoms. The molecule has 0 N–H and O–H groups in total. The summed E-state index contributed by atoms with van der Waals surface area (Å²) in [5, 5.41) is 0. The van der Waals surface area contributed by atoms with Crippen LogP contribution in [0.2, 0.25) is 0 Å². The Morgan fingerprint density at radius 3 is 2.74 bits per heavy atom. The molecule has 0 aliphatic carbocycles. The first-order chi connectivity index (χ1) is 9.10. The Labute approximate surface area is 111 Å². The standard InChI is InChI=1S/C13H17FN2O3/c1-3-8-16(9-11(17)19-4-2)13(18)10-6-5-7-15-12(10)14/h5-7H,3-4,8-9H2,1-2H3. The van der Waals surface area contributed by atoms with Crippen LogP contribution in [0.15, 0.2) is 18.3 Å². The predicted molar refractivity (Wildman–Crippen MR) is 67.0 cm³/mol. The first-order valence-corrected chi connectivity index (χ1v) is 6.15. The highest BCUT2D eigenvalue weighted by Crippen LogP contribution is 2.08. The number of aromatic nitrogens is 1. The first kappa shape index (κ1) is 15.1. The van der Waals surface area contributed by atoms with E-state index in [-0.39, 0.29) is 18.7 Å². The molecule has 19 heavy (non-hydrogen) atoms. The van der Waals surface area contributed by atoms with Gasteiger partial charge in [-0.3, -0.25) is 9.59 Å². The quantitative estimate of drug-likeness (QED) is 0.581. The number of amides is 1. The molecule has 0 radical (unpaired) electrons. The van der Waals surface area contributed by atoms with Crippen LogP contribution in [0, 0.1) is 5.95 Å². The van der Waals surface area contributed by atoms with Gasteiger partial charge in [0.05, 0.1) is 12.2 Å². The van der Waals surface area contributed by atoms with Crippen LogP contribution in [-0.4, -0.2) is 41.5 Å². The van der Waals surface area contributed by atoms with Crippen LogP contribution >= 0.6 is 0 Å². The second kappa shape index (κ2) is 7.45. The van der Waals surface area contributed by atoms with Gasteiger partial charge in [-0.05, 0) is 25.5 Å². The lowest BCUT2D eigenvalue weighted by Gasteiger charge is -2.21. The summed E-state index contributed by atoms with van der Waals surface area (Å²) in [6.45, 7) is 3.96. The lowest BCUT2D eigenvalue weighted by atomic mass is 10.2. The molecule has 1 amide bonds. The highest BCUT2D eigenvalue weighted by molar-refractivity contribution is 5.95. The molecule has 0 aromatic carbocycles. The summed E-state index contributed by atoms with van der Waals surface area (Å²) in [6.07, 6.45) is 1.93. The van der Waals surface area contributed by atoms with E-state index in [0.29, 0.717) is 13.0 Å². The Balaban J connectivity index is 2.84. The van der Waals surface area contributed by atoms with Crippen molar-refractivity contribution < 1.29 is 18.7 Å². The summed E-state index contributed by atoms with van der Waals surface area (Å²) in [6, 6.07) is 2.82. The van der Waals surface area contributed by atoms with Gasteiger partial charge in [0.25, 0.3) is 5.91 Å². The fourth-order valence-electron chi connectivity index (χ4n) is 1.60. The molecule has 1 heterocycles. The average Bonchev–Trinajstić information content (AvgIpc) is 2.38. The third-order valence-corrected chi connectivity index (χ3v) is 2.40. The van der Waals surface area contributed by atoms with E-state index in [1.807, 2.05) is 6.92 Å². The maximum Gasteiger partial charge on any atom is 0.325 e. The van der Waals surface area contributed by atoms with Crippen molar-refractivity contribution in [3.8, 4) is 0 Å². The van der Waals surface area contributed by atoms with Gasteiger partial charge in [0, 0.05) is 12.7 Å². The molecule has 0 fully saturated rings. The summed E-state index contributed by atoms with van der Waals surface area (Å²) in [4.78, 5) is 28.2. The Morgan fingerprint density at radius 2 is 2.16 bits per heavy atom. The summed E-state index contributed by atoms with van der Waals surface area (Å²) >= 11 is 0. The molecule has 0 aliphatic heterocycles. The molecule has 5 nitrogen and oxygen atoms in total. The zero-order valence-corrected chi connectivity index (χ0v) is 11.1. The maximum absolute atomic E-state index is 13.5. The minimum atomic E-state index is -0.836. The van der Waals surface area contributed by atoms with Gasteiger partial charge in [0.1, 0.15) is 6.54 Å². The van der Waals surface area contributed by atoms with Gasteiger partial charge in [0.2, 0.25) is 5.95 Å². The molecule has 0 atom stereocenters. The maximum atomic E-state index is 13.5. The van der Waals surface area contributed by atoms with E-state index in [4.69, 9.17) is 4.74 Å². The number of hydrogen-bond donors (Lipinski definition) is 0. The highest BCUT2D eigenvalue weighted by Gasteiger charge is 2.21. The Morgan fingerprint density at radius 1 is 1.42 bits per heavy atom. The Bertz CT molecular complexity index is 451. The normalized spacial score (nSPS) is 10.1. The highest BCUT2D eigenvalue weighted by atomic mass is 19.1. The van der Waals surface area contributed by atoms with Crippen LogP contribution in [0.25, 0.3) is 0 Å². The smallest absolute Gasteiger partial charge is 0.325 e. The van der Waals surface area contributed by atoms with Crippen LogP contribution in [0.5, 0.6) is 0 Å². The van der Waals surface area contributed by atoms with Crippen molar-refractivity contribution in [1.82, 2.24) is 9.88 Å². The fraction of sp³-hybridized carbons (Fsp3) is 0.462. The zero-order chi connectivity index (χ0) is 14.3. The largest absolute Gasteiger partial charge is 0.465 e. The predicted octanol–water partition coefficient (Wildman–Crippen LogP) is 1.64. The molecule has 0 saturated carbocycles. The molecular weight excluding hydrogens is 251 g/mol. The first-order valence-electron chi connectivity index (χ1n) is 6.15. The molecule has 0 aliphatic rings. The lowest BCUT2D eigenvalue weighted by molar-refractivity contribution is -0.143. The van der Waals surface area contributed by atoms with Gasteiger partial charge in [-0.2, -0.15) is 4.39 Å². The van der Waals surface area contributed by atoms with Gasteiger partial charge < -0.3 is 9.64 Å². The number of nitrogens with zero attached hydrogens (tertiary/aromatic N) is 2. The van der Waals surface area contributed by atoms with Gasteiger partial charge >= 0.3 is 5.97 Å². The van der Waals surface area contributed by atoms with E-state index in [0.717, 1.165) is 0 Å². The third kappa shape index (κ3) is 4.31. The van der Waals surface area contributed by atoms with Crippen molar-refractivity contribution in [3.05, 3.63) is 29.8 Å². The average molecular weight is 268 g/mol. The summed E-state index contributed by atoms with van der Waals surface area (Å²) in [7, 11) is 0. The van der Waals surface area contributed by atoms with Crippen LogP contribution in [0.4, 0.5) is 4.39 Å². The molecule has 0 saturated heterocycles. The second-order valence-corrected chi connectivity index (χ2v) is 3.87. The van der Waals surface area contributed by atoms with Gasteiger partial charge in [-0.1, -0.05) is 6.92 Å². The monoisotopic (exact) mass is 268 g/mol. The number of halogens is 1. The molecular formula is C13H17FN2O3. The number of carbonyl (C=O) groups excluding carboxylic acids is 2. The van der Waals surface area contributed by atoms with E-state index < -0.39 is 17.8 Å². The number of esters is 1. The zero-order valence-electron chi connectivity index (χ0n) is 11.1. The summed E-state index contributed by atoms with van der Waals surface area (Å²) in [5.74, 6) is -1.90. The van der Waals surface area contributed by atoms with Gasteiger partial charge in [-0.25, -0.2) is 4.98 Å². The molecule has 0 spiro atoms. The van der Waals surface area contributed by atoms with Crippen LogP contribution in [0.3, 0.4) is 0 Å². The van der Waals surface area contributed by atoms with E-state index in [1.165, 1.54) is 23.2 Å². The van der Waals surface area contributed by atoms with Gasteiger partial charge in [0.15, 0.2) is 0 Å². The van der Waals surface area contributed by atoms with E-state index in [1.54, 1.807) is 6.92 Å². The minimum absolute atomic E-state index is 0.139. The molecule has 104 valence electrons. The number of ether oxygens (including phenoxy) is 1. The second-order valence-electron chi connectivity index (χ2n) is 3.87. The van der Waals surface area contributed by atoms with E-state index >= 15 is 0 Å². The molecule has 1 aromatic heterocycles. The molecule has 6 heteroatoms. The topological polar surface area (TPSA) is 59.5 Å². The number of rotatable bonds is 6. The van der Waals surface area contributed by atoms with Crippen molar-refractivity contribution >= 4 is 11.9 Å². The van der Waals surface area contributed by atoms with Crippen LogP contribution in [0.1, 0.15) is 30.6 Å². The number of hydrogen-bond acceptors (Lipinski definition) is 4. The third-order valence-electron chi connectivity index (χ3n) is 2.40. The molecule has 0 unspecified atom stereocenters. The SMILES string of the molecule is CCCN(CC(=O)OCC)C(=O)c1cccnc1F. The summed E-state index contributed by atoms with van der Waals surface area (Å²) < 4.78 is 18.2. The Hall–Kier alpha value is -1.98. The minimum Gasteiger partial charge on any atom is -0.465 e. The number of carbonyl (C=O) groups is 2. The van der Waals surface area contributed by atoms with E-state index in [9.17, 15) is 14.0 Å². The van der Waals surface area contributed by atoms with Crippen molar-refractivity contribution in [2.45, 2.75) is 20.3 Å². The van der Waals surface area contributed by atoms with Crippen molar-refractivity contribution in [2.75, 3.05) is 19.7 Å². The number of pyridine rings is 1. The molecule has 1 aromatic rings. The summed E-state index contributed by atoms with van der Waals surface area (Å²) in [5.41, 5.74) is -0.139. The van der Waals surface area contributed by atoms with Crippen LogP contribution in [-0.2, 0) is 9.53 Å². The van der Waals surface area contributed by atoms with Crippen molar-refractivity contribution in [3.63, 3.8) is 0 Å². The van der Waals surface area contributed by atoms with Crippen molar-refractivity contribution in [1.29, 1.82) is 0 Å². The van der Waals surface area contributed by atoms with Crippen LogP contribution < -0.4 is 0 Å². The van der Waals surface area contributed by atoms with Crippen molar-refractivity contribution in [2.24, 2.45) is 0 Å². The fourth-order valence-corrected chi connectivity index (χ4v) is 1.60. The van der Waals surface area contributed by atoms with Gasteiger partial charge in [-0.15, -0.1) is 0 Å². The van der Waals surface area contributed by atoms with E-state index in [2.05, 4.69) is 4.98 Å².